The fourth-order valence-electron chi connectivity index (χ4n) is 4.28. The van der Waals surface area contributed by atoms with E-state index in [1.807, 2.05) is 17.5 Å². The molecule has 1 fully saturated rings. The Labute approximate surface area is 249 Å². The standard InChI is InChI=1S/C28H28N2O10S2/c1-15(31)36-14-22-23(37-16(2)32)24(38-17(3)33)25(39-18(4)34)27(40-22)42-28-29-21(13-20-11-8-12-41-20)26(35)30(28)19-9-6-5-7-10-19/h5-13,22-25,27H,14H2,1-4H3/b21-13-/t22-,23+,24+,25+,27+/m0/s1. The molecule has 4 rings (SSSR count). The lowest BCUT2D eigenvalue weighted by molar-refractivity contribution is -0.237. The molecule has 0 aliphatic carbocycles. The predicted octanol–water partition coefficient (Wildman–Crippen LogP) is 3.31. The SMILES string of the molecule is CC(=O)OC[C@@H]1O[C@H](SC2=N/C(=C\c3cccs3)C(=O)N2c2ccccc2)[C@H](OC(C)=O)[C@H](OC(C)=O)[C@@H]1OC(C)=O. The van der Waals surface area contributed by atoms with Crippen LogP contribution in [0, 0.1) is 0 Å². The molecule has 42 heavy (non-hydrogen) atoms. The van der Waals surface area contributed by atoms with Crippen LogP contribution in [0.25, 0.3) is 6.08 Å². The number of thiophene rings is 1. The number of rotatable bonds is 8. The lowest BCUT2D eigenvalue weighted by Crippen LogP contribution is -2.61. The van der Waals surface area contributed by atoms with Gasteiger partial charge in [0.25, 0.3) is 5.91 Å². The number of benzene rings is 1. The van der Waals surface area contributed by atoms with Gasteiger partial charge in [0.05, 0.1) is 5.69 Å². The molecule has 0 radical (unpaired) electrons. The molecular weight excluding hydrogens is 588 g/mol. The van der Waals surface area contributed by atoms with Crippen LogP contribution < -0.4 is 4.90 Å². The molecule has 0 unspecified atom stereocenters. The van der Waals surface area contributed by atoms with Crippen molar-refractivity contribution in [2.24, 2.45) is 4.99 Å². The lowest BCUT2D eigenvalue weighted by Gasteiger charge is -2.44. The Morgan fingerprint density at radius 3 is 2.14 bits per heavy atom. The monoisotopic (exact) mass is 616 g/mol. The maximum absolute atomic E-state index is 13.6. The highest BCUT2D eigenvalue weighted by molar-refractivity contribution is 8.14. The van der Waals surface area contributed by atoms with Gasteiger partial charge in [-0.05, 0) is 29.7 Å². The summed E-state index contributed by atoms with van der Waals surface area (Å²) in [5.41, 5.74) is -0.465. The van der Waals surface area contributed by atoms with Gasteiger partial charge in [-0.3, -0.25) is 28.9 Å². The van der Waals surface area contributed by atoms with Crippen molar-refractivity contribution in [2.45, 2.75) is 57.5 Å². The molecule has 222 valence electrons. The fourth-order valence-corrected chi connectivity index (χ4v) is 6.12. The number of thioether (sulfide) groups is 1. The largest absolute Gasteiger partial charge is 0.463 e. The van der Waals surface area contributed by atoms with E-state index in [0.29, 0.717) is 5.69 Å². The molecule has 0 bridgehead atoms. The van der Waals surface area contributed by atoms with Crippen LogP contribution in [0.4, 0.5) is 5.69 Å². The summed E-state index contributed by atoms with van der Waals surface area (Å²) in [5, 5.41) is 2.06. The zero-order valence-corrected chi connectivity index (χ0v) is 24.7. The summed E-state index contributed by atoms with van der Waals surface area (Å²) in [5.74, 6) is -3.23. The highest BCUT2D eigenvalue weighted by atomic mass is 32.2. The van der Waals surface area contributed by atoms with E-state index in [1.54, 1.807) is 36.4 Å². The number of ether oxygens (including phenoxy) is 5. The number of carbonyl (C=O) groups is 5. The number of aliphatic imine (C=N–C) groups is 1. The number of amidine groups is 1. The Hall–Kier alpha value is -4.01. The first kappa shape index (κ1) is 30.9. The molecule has 2 aliphatic rings. The molecule has 0 saturated carbocycles. The Bertz CT molecular complexity index is 1390. The molecule has 2 aromatic rings. The summed E-state index contributed by atoms with van der Waals surface area (Å²) in [6.07, 6.45) is -3.42. The molecule has 1 saturated heterocycles. The van der Waals surface area contributed by atoms with Crippen molar-refractivity contribution in [3.8, 4) is 0 Å². The number of para-hydroxylation sites is 1. The highest BCUT2D eigenvalue weighted by Gasteiger charge is 2.53. The van der Waals surface area contributed by atoms with Gasteiger partial charge in [0.1, 0.15) is 18.4 Å². The van der Waals surface area contributed by atoms with Crippen molar-refractivity contribution in [3.05, 3.63) is 58.4 Å². The van der Waals surface area contributed by atoms with Crippen LogP contribution in [0.2, 0.25) is 0 Å². The van der Waals surface area contributed by atoms with Gasteiger partial charge in [-0.15, -0.1) is 11.3 Å². The second-order valence-corrected chi connectivity index (χ2v) is 11.1. The van der Waals surface area contributed by atoms with Gasteiger partial charge < -0.3 is 23.7 Å². The Morgan fingerprint density at radius 2 is 1.55 bits per heavy atom. The van der Waals surface area contributed by atoms with Crippen molar-refractivity contribution < 1.29 is 47.7 Å². The van der Waals surface area contributed by atoms with Crippen molar-refractivity contribution >= 4 is 69.8 Å². The number of hydrogen-bond acceptors (Lipinski definition) is 13. The van der Waals surface area contributed by atoms with E-state index in [1.165, 1.54) is 23.2 Å². The predicted molar refractivity (Wildman–Crippen MR) is 153 cm³/mol. The van der Waals surface area contributed by atoms with Gasteiger partial charge in [0.15, 0.2) is 28.9 Å². The number of hydrogen-bond donors (Lipinski definition) is 0. The summed E-state index contributed by atoms with van der Waals surface area (Å²) in [4.78, 5) is 68.4. The van der Waals surface area contributed by atoms with Crippen LogP contribution in [0.1, 0.15) is 32.6 Å². The average Bonchev–Trinajstić information content (AvgIpc) is 3.54. The highest BCUT2D eigenvalue weighted by Crippen LogP contribution is 2.38. The van der Waals surface area contributed by atoms with Crippen LogP contribution in [-0.2, 0) is 47.7 Å². The first-order chi connectivity index (χ1) is 20.0. The second-order valence-electron chi connectivity index (χ2n) is 9.10. The Kier molecular flexibility index (Phi) is 10.1. The van der Waals surface area contributed by atoms with E-state index < -0.39 is 59.6 Å². The summed E-state index contributed by atoms with van der Waals surface area (Å²) in [6.45, 7) is 4.28. The average molecular weight is 617 g/mol. The lowest BCUT2D eigenvalue weighted by atomic mass is 9.99. The van der Waals surface area contributed by atoms with E-state index >= 15 is 0 Å². The summed E-state index contributed by atoms with van der Waals surface area (Å²) < 4.78 is 27.9. The Morgan fingerprint density at radius 1 is 0.905 bits per heavy atom. The molecule has 1 amide bonds. The summed E-state index contributed by atoms with van der Waals surface area (Å²) >= 11 is 2.37. The first-order valence-electron chi connectivity index (χ1n) is 12.7. The van der Waals surface area contributed by atoms with Crippen molar-refractivity contribution in [3.63, 3.8) is 0 Å². The van der Waals surface area contributed by atoms with Crippen molar-refractivity contribution in [1.82, 2.24) is 0 Å². The van der Waals surface area contributed by atoms with E-state index in [2.05, 4.69) is 4.99 Å². The quantitative estimate of drug-likeness (QED) is 0.244. The maximum Gasteiger partial charge on any atom is 0.303 e. The second kappa shape index (κ2) is 13.8. The minimum atomic E-state index is -1.34. The summed E-state index contributed by atoms with van der Waals surface area (Å²) in [7, 11) is 0. The first-order valence-corrected chi connectivity index (χ1v) is 14.5. The number of nitrogens with zero attached hydrogens (tertiary/aromatic N) is 2. The number of anilines is 1. The van der Waals surface area contributed by atoms with Crippen LogP contribution in [-0.4, -0.2) is 71.4 Å². The molecular formula is C28H28N2O10S2. The van der Waals surface area contributed by atoms with Crippen molar-refractivity contribution in [2.75, 3.05) is 11.5 Å². The number of esters is 4. The normalized spacial score (nSPS) is 24.6. The maximum atomic E-state index is 13.6. The van der Waals surface area contributed by atoms with Crippen LogP contribution in [0.3, 0.4) is 0 Å². The van der Waals surface area contributed by atoms with Crippen LogP contribution in [0.15, 0.2) is 58.5 Å². The van der Waals surface area contributed by atoms with E-state index in [9.17, 15) is 24.0 Å². The molecule has 2 aliphatic heterocycles. The van der Waals surface area contributed by atoms with Gasteiger partial charge in [-0.2, -0.15) is 0 Å². The molecule has 12 nitrogen and oxygen atoms in total. The molecule has 5 atom stereocenters. The fraction of sp³-hybridized carbons (Fsp3) is 0.357. The Balaban J connectivity index is 1.77. The molecule has 0 N–H and O–H groups in total. The minimum Gasteiger partial charge on any atom is -0.463 e. The third kappa shape index (κ3) is 7.63. The number of carbonyl (C=O) groups excluding carboxylic acids is 5. The smallest absolute Gasteiger partial charge is 0.303 e. The van der Waals surface area contributed by atoms with E-state index in [4.69, 9.17) is 23.7 Å². The van der Waals surface area contributed by atoms with Crippen molar-refractivity contribution in [1.29, 1.82) is 0 Å². The molecule has 3 heterocycles. The van der Waals surface area contributed by atoms with E-state index in [-0.39, 0.29) is 17.5 Å². The van der Waals surface area contributed by atoms with Gasteiger partial charge in [0.2, 0.25) is 0 Å². The topological polar surface area (TPSA) is 147 Å². The minimum absolute atomic E-state index is 0.162. The van der Waals surface area contributed by atoms with Gasteiger partial charge in [0, 0.05) is 32.6 Å². The van der Waals surface area contributed by atoms with Gasteiger partial charge in [-0.1, -0.05) is 36.0 Å². The zero-order chi connectivity index (χ0) is 30.4. The van der Waals surface area contributed by atoms with Crippen LogP contribution >= 0.6 is 23.1 Å². The third-order valence-corrected chi connectivity index (χ3v) is 7.75. The molecule has 0 spiro atoms. The number of amides is 1. The van der Waals surface area contributed by atoms with Gasteiger partial charge >= 0.3 is 23.9 Å². The zero-order valence-electron chi connectivity index (χ0n) is 23.1. The van der Waals surface area contributed by atoms with Gasteiger partial charge in [-0.25, -0.2) is 4.99 Å². The summed E-state index contributed by atoms with van der Waals surface area (Å²) in [6, 6.07) is 12.5. The molecule has 1 aromatic heterocycles. The third-order valence-electron chi connectivity index (χ3n) is 5.84. The molecule has 14 heteroatoms. The van der Waals surface area contributed by atoms with Crippen LogP contribution in [0.5, 0.6) is 0 Å². The van der Waals surface area contributed by atoms with E-state index in [0.717, 1.165) is 37.4 Å². The molecule has 1 aromatic carbocycles.